The molecule has 8 nitrogen and oxygen atoms in total. The van der Waals surface area contributed by atoms with Gasteiger partial charge in [0, 0.05) is 0 Å². The number of rotatable bonds is 9. The van der Waals surface area contributed by atoms with E-state index in [0.717, 1.165) is 0 Å². The van der Waals surface area contributed by atoms with Crippen LogP contribution in [0.2, 0.25) is 0 Å². The SMILES string of the molecule is O=C=NC(CCCCC(N=C=O)N=C=O)N=C=O. The van der Waals surface area contributed by atoms with Crippen molar-refractivity contribution in [2.45, 2.75) is 38.0 Å². The third-order valence-corrected chi connectivity index (χ3v) is 1.98. The Morgan fingerprint density at radius 1 is 0.611 bits per heavy atom. The van der Waals surface area contributed by atoms with E-state index in [4.69, 9.17) is 0 Å². The van der Waals surface area contributed by atoms with Crippen LogP contribution in [0.4, 0.5) is 0 Å². The summed E-state index contributed by atoms with van der Waals surface area (Å²) in [7, 11) is 0. The summed E-state index contributed by atoms with van der Waals surface area (Å²) in [5.41, 5.74) is 0. The lowest BCUT2D eigenvalue weighted by Gasteiger charge is -2.04. The molecule has 18 heavy (non-hydrogen) atoms. The van der Waals surface area contributed by atoms with Crippen molar-refractivity contribution in [2.75, 3.05) is 0 Å². The molecule has 0 unspecified atom stereocenters. The predicted molar refractivity (Wildman–Crippen MR) is 58.5 cm³/mol. The largest absolute Gasteiger partial charge is 0.237 e. The molecule has 0 aromatic carbocycles. The van der Waals surface area contributed by atoms with Gasteiger partial charge in [0.15, 0.2) is 12.3 Å². The van der Waals surface area contributed by atoms with Crippen LogP contribution in [-0.4, -0.2) is 36.7 Å². The maximum absolute atomic E-state index is 10.0. The Labute approximate surface area is 102 Å². The lowest BCUT2D eigenvalue weighted by molar-refractivity contribution is 0.506. The topological polar surface area (TPSA) is 118 Å². The Morgan fingerprint density at radius 2 is 0.889 bits per heavy atom. The second kappa shape index (κ2) is 11.0. The van der Waals surface area contributed by atoms with Gasteiger partial charge < -0.3 is 0 Å². The van der Waals surface area contributed by atoms with Gasteiger partial charge in [-0.1, -0.05) is 0 Å². The number of nitrogens with zero attached hydrogens (tertiary/aromatic N) is 4. The lowest BCUT2D eigenvalue weighted by Crippen LogP contribution is -2.03. The molecule has 0 aliphatic carbocycles. The first-order valence-corrected chi connectivity index (χ1v) is 5.06. The van der Waals surface area contributed by atoms with E-state index in [2.05, 4.69) is 20.0 Å². The first-order valence-electron chi connectivity index (χ1n) is 5.06. The monoisotopic (exact) mass is 250 g/mol. The smallest absolute Gasteiger partial charge is 0.211 e. The van der Waals surface area contributed by atoms with Crippen molar-refractivity contribution in [1.29, 1.82) is 0 Å². The maximum atomic E-state index is 10.0. The zero-order valence-electron chi connectivity index (χ0n) is 9.40. The number of hydrogen-bond acceptors (Lipinski definition) is 8. The molecule has 94 valence electrons. The third kappa shape index (κ3) is 7.77. The minimum Gasteiger partial charge on any atom is -0.211 e. The Kier molecular flexibility index (Phi) is 9.50. The van der Waals surface area contributed by atoms with Gasteiger partial charge in [0.1, 0.15) is 0 Å². The van der Waals surface area contributed by atoms with E-state index in [9.17, 15) is 19.2 Å². The van der Waals surface area contributed by atoms with Gasteiger partial charge in [-0.2, -0.15) is 20.0 Å². The van der Waals surface area contributed by atoms with Crippen LogP contribution in [0.15, 0.2) is 20.0 Å². The Bertz CT molecular complexity index is 361. The molecule has 0 amide bonds. The van der Waals surface area contributed by atoms with Crippen LogP contribution in [0.1, 0.15) is 25.7 Å². The molecule has 0 N–H and O–H groups in total. The minimum atomic E-state index is -0.789. The van der Waals surface area contributed by atoms with E-state index in [1.165, 1.54) is 24.3 Å². The number of carbonyl (C=O) groups excluding carboxylic acids is 4. The van der Waals surface area contributed by atoms with Crippen LogP contribution in [0.3, 0.4) is 0 Å². The lowest BCUT2D eigenvalue weighted by atomic mass is 10.1. The predicted octanol–water partition coefficient (Wildman–Crippen LogP) is 0.542. The van der Waals surface area contributed by atoms with E-state index in [0.29, 0.717) is 25.7 Å². The van der Waals surface area contributed by atoms with Gasteiger partial charge in [-0.25, -0.2) is 19.2 Å². The first kappa shape index (κ1) is 15.5. The van der Waals surface area contributed by atoms with Crippen molar-refractivity contribution in [3.63, 3.8) is 0 Å². The molecule has 8 heteroatoms. The van der Waals surface area contributed by atoms with Crippen molar-refractivity contribution in [3.8, 4) is 0 Å². The van der Waals surface area contributed by atoms with Crippen LogP contribution < -0.4 is 0 Å². The highest BCUT2D eigenvalue weighted by Crippen LogP contribution is 2.10. The molecule has 0 aliphatic rings. The van der Waals surface area contributed by atoms with Crippen molar-refractivity contribution >= 4 is 24.3 Å². The third-order valence-electron chi connectivity index (χ3n) is 1.98. The number of aliphatic imine (C=N–C) groups is 4. The average molecular weight is 250 g/mol. The molecule has 0 aromatic rings. The molecular weight excluding hydrogens is 240 g/mol. The second-order valence-electron chi connectivity index (χ2n) is 3.13. The standard InChI is InChI=1S/C10H10N4O4/c15-5-11-9(12-6-16)3-1-2-4-10(13-7-17)14-8-18/h9-10H,1-4H2. The summed E-state index contributed by atoms with van der Waals surface area (Å²) < 4.78 is 0. The number of unbranched alkanes of at least 4 members (excludes halogenated alkanes) is 1. The molecule has 0 spiro atoms. The normalized spacial score (nSPS) is 11.8. The molecule has 0 aromatic heterocycles. The van der Waals surface area contributed by atoms with E-state index in [1.807, 2.05) is 0 Å². The zero-order chi connectivity index (χ0) is 13.6. The molecule has 0 heterocycles. The van der Waals surface area contributed by atoms with Crippen molar-refractivity contribution < 1.29 is 19.2 Å². The summed E-state index contributed by atoms with van der Waals surface area (Å²) >= 11 is 0. The van der Waals surface area contributed by atoms with Crippen LogP contribution >= 0.6 is 0 Å². The summed E-state index contributed by atoms with van der Waals surface area (Å²) in [6, 6.07) is 0. The molecule has 0 atom stereocenters. The molecular formula is C10H10N4O4. The second-order valence-corrected chi connectivity index (χ2v) is 3.13. The summed E-state index contributed by atoms with van der Waals surface area (Å²) in [6.07, 6.45) is 5.46. The summed E-state index contributed by atoms with van der Waals surface area (Å²) in [4.78, 5) is 53.2. The highest BCUT2D eigenvalue weighted by molar-refractivity contribution is 5.37. The fraction of sp³-hybridized carbons (Fsp3) is 0.600. The fourth-order valence-corrected chi connectivity index (χ4v) is 1.21. The summed E-state index contributed by atoms with van der Waals surface area (Å²) in [5.74, 6) is 0. The number of isocyanates is 4. The Balaban J connectivity index is 4.09. The van der Waals surface area contributed by atoms with Gasteiger partial charge in [-0.05, 0) is 25.7 Å². The van der Waals surface area contributed by atoms with E-state index in [-0.39, 0.29) is 0 Å². The fourth-order valence-electron chi connectivity index (χ4n) is 1.21. The maximum Gasteiger partial charge on any atom is 0.237 e. The zero-order valence-corrected chi connectivity index (χ0v) is 9.40. The van der Waals surface area contributed by atoms with Crippen LogP contribution in [0.25, 0.3) is 0 Å². The van der Waals surface area contributed by atoms with E-state index in [1.54, 1.807) is 0 Å². The first-order chi connectivity index (χ1) is 8.78. The van der Waals surface area contributed by atoms with Crippen LogP contribution in [0, 0.1) is 0 Å². The molecule has 0 saturated heterocycles. The molecule has 0 bridgehead atoms. The van der Waals surface area contributed by atoms with Crippen LogP contribution in [0.5, 0.6) is 0 Å². The number of hydrogen-bond donors (Lipinski definition) is 0. The minimum absolute atomic E-state index is 0.354. The summed E-state index contributed by atoms with van der Waals surface area (Å²) in [6.45, 7) is 0. The van der Waals surface area contributed by atoms with Gasteiger partial charge >= 0.3 is 0 Å². The quantitative estimate of drug-likeness (QED) is 0.337. The van der Waals surface area contributed by atoms with Gasteiger partial charge in [0.25, 0.3) is 0 Å². The van der Waals surface area contributed by atoms with Gasteiger partial charge in [0.05, 0.1) is 0 Å². The van der Waals surface area contributed by atoms with Crippen molar-refractivity contribution in [2.24, 2.45) is 20.0 Å². The average Bonchev–Trinajstić information content (AvgIpc) is 2.35. The Hall–Kier alpha value is -2.48. The van der Waals surface area contributed by atoms with Crippen molar-refractivity contribution in [3.05, 3.63) is 0 Å². The van der Waals surface area contributed by atoms with E-state index >= 15 is 0 Å². The molecule has 0 fully saturated rings. The molecule has 0 aliphatic heterocycles. The highest BCUT2D eigenvalue weighted by Gasteiger charge is 2.07. The van der Waals surface area contributed by atoms with Crippen molar-refractivity contribution in [1.82, 2.24) is 0 Å². The van der Waals surface area contributed by atoms with Gasteiger partial charge in [-0.15, -0.1) is 0 Å². The molecule has 0 radical (unpaired) electrons. The Morgan fingerprint density at radius 3 is 1.11 bits per heavy atom. The van der Waals surface area contributed by atoms with Crippen LogP contribution in [-0.2, 0) is 19.2 Å². The van der Waals surface area contributed by atoms with Gasteiger partial charge in [-0.3, -0.25) is 0 Å². The summed E-state index contributed by atoms with van der Waals surface area (Å²) in [5, 5.41) is 0. The molecule has 0 rings (SSSR count). The molecule has 0 saturated carbocycles. The van der Waals surface area contributed by atoms with E-state index < -0.39 is 12.3 Å². The van der Waals surface area contributed by atoms with Gasteiger partial charge in [0.2, 0.25) is 24.3 Å². The highest BCUT2D eigenvalue weighted by atomic mass is 16.1.